The molecular formula is C20H27N5O3. The number of aromatic nitrogens is 3. The molecule has 8 heteroatoms. The molecule has 3 N–H and O–H groups in total. The number of rotatable bonds is 10. The summed E-state index contributed by atoms with van der Waals surface area (Å²) >= 11 is 0. The molecule has 0 saturated carbocycles. The number of nitrogens with two attached hydrogens (primary N) is 1. The van der Waals surface area contributed by atoms with E-state index < -0.39 is 0 Å². The molecule has 0 saturated heterocycles. The molecule has 0 radical (unpaired) electrons. The third kappa shape index (κ3) is 4.23. The number of amides is 1. The van der Waals surface area contributed by atoms with E-state index in [9.17, 15) is 4.79 Å². The summed E-state index contributed by atoms with van der Waals surface area (Å²) in [4.78, 5) is 22.3. The zero-order valence-corrected chi connectivity index (χ0v) is 16.4. The van der Waals surface area contributed by atoms with Crippen LogP contribution in [0.15, 0.2) is 24.3 Å². The lowest BCUT2D eigenvalue weighted by Gasteiger charge is -2.08. The second kappa shape index (κ2) is 9.48. The Labute approximate surface area is 164 Å². The molecule has 0 bridgehead atoms. The molecule has 0 spiro atoms. The average molecular weight is 385 g/mol. The molecule has 3 aromatic rings. The molecule has 28 heavy (non-hydrogen) atoms. The number of aryl methyl sites for hydroxylation is 1. The van der Waals surface area contributed by atoms with Gasteiger partial charge in [-0.1, -0.05) is 12.1 Å². The van der Waals surface area contributed by atoms with Crippen LogP contribution in [0.5, 0.6) is 0 Å². The Balaban J connectivity index is 1.96. The van der Waals surface area contributed by atoms with Crippen LogP contribution in [0.4, 0.5) is 5.82 Å². The Morgan fingerprint density at radius 1 is 1.18 bits per heavy atom. The van der Waals surface area contributed by atoms with Crippen LogP contribution in [0.2, 0.25) is 0 Å². The summed E-state index contributed by atoms with van der Waals surface area (Å²) < 4.78 is 12.3. The van der Waals surface area contributed by atoms with Crippen molar-refractivity contribution < 1.29 is 14.3 Å². The van der Waals surface area contributed by atoms with Gasteiger partial charge in [0.05, 0.1) is 11.0 Å². The lowest BCUT2D eigenvalue weighted by atomic mass is 10.2. The molecule has 0 atom stereocenters. The second-order valence-corrected chi connectivity index (χ2v) is 6.45. The van der Waals surface area contributed by atoms with Crippen molar-refractivity contribution in [3.63, 3.8) is 0 Å². The Morgan fingerprint density at radius 3 is 2.64 bits per heavy atom. The van der Waals surface area contributed by atoms with Crippen molar-refractivity contribution >= 4 is 33.9 Å². The zero-order chi connectivity index (χ0) is 19.9. The SMILES string of the molecule is CCOCCCNC(=O)c1c(N)n(CCCOC)c2nc3ccccc3nc12. The molecule has 3 rings (SSSR count). The monoisotopic (exact) mass is 385 g/mol. The fraction of sp³-hybridized carbons (Fsp3) is 0.450. The van der Waals surface area contributed by atoms with Crippen LogP contribution < -0.4 is 11.1 Å². The van der Waals surface area contributed by atoms with Gasteiger partial charge >= 0.3 is 0 Å². The lowest BCUT2D eigenvalue weighted by Crippen LogP contribution is -2.26. The normalized spacial score (nSPS) is 11.4. The smallest absolute Gasteiger partial charge is 0.257 e. The van der Waals surface area contributed by atoms with Gasteiger partial charge in [0.15, 0.2) is 5.65 Å². The van der Waals surface area contributed by atoms with Gasteiger partial charge < -0.3 is 25.1 Å². The molecule has 2 aromatic heterocycles. The van der Waals surface area contributed by atoms with E-state index in [1.165, 1.54) is 0 Å². The molecule has 0 aliphatic carbocycles. The van der Waals surface area contributed by atoms with E-state index in [1.54, 1.807) is 7.11 Å². The Kier molecular flexibility index (Phi) is 6.78. The number of hydrogen-bond acceptors (Lipinski definition) is 6. The zero-order valence-electron chi connectivity index (χ0n) is 16.4. The minimum absolute atomic E-state index is 0.242. The highest BCUT2D eigenvalue weighted by atomic mass is 16.5. The van der Waals surface area contributed by atoms with Crippen LogP contribution >= 0.6 is 0 Å². The number of methoxy groups -OCH3 is 1. The van der Waals surface area contributed by atoms with Gasteiger partial charge in [0, 0.05) is 40.0 Å². The highest BCUT2D eigenvalue weighted by Crippen LogP contribution is 2.28. The average Bonchev–Trinajstić information content (AvgIpc) is 2.97. The second-order valence-electron chi connectivity index (χ2n) is 6.45. The van der Waals surface area contributed by atoms with Crippen LogP contribution in [-0.4, -0.2) is 53.9 Å². The first-order valence-electron chi connectivity index (χ1n) is 9.56. The lowest BCUT2D eigenvalue weighted by molar-refractivity contribution is 0.0946. The van der Waals surface area contributed by atoms with Crippen molar-refractivity contribution in [3.8, 4) is 0 Å². The van der Waals surface area contributed by atoms with Gasteiger partial charge in [0.2, 0.25) is 0 Å². The summed E-state index contributed by atoms with van der Waals surface area (Å²) in [5.41, 5.74) is 9.39. The van der Waals surface area contributed by atoms with Gasteiger partial charge in [-0.15, -0.1) is 0 Å². The molecule has 8 nitrogen and oxygen atoms in total. The first-order valence-corrected chi connectivity index (χ1v) is 9.56. The summed E-state index contributed by atoms with van der Waals surface area (Å²) in [5.74, 6) is 0.137. The number of hydrogen-bond donors (Lipinski definition) is 2. The third-order valence-electron chi connectivity index (χ3n) is 4.50. The molecule has 0 aliphatic heterocycles. The van der Waals surface area contributed by atoms with E-state index in [1.807, 2.05) is 35.8 Å². The van der Waals surface area contributed by atoms with E-state index in [2.05, 4.69) is 10.3 Å². The molecule has 150 valence electrons. The summed E-state index contributed by atoms with van der Waals surface area (Å²) in [5, 5.41) is 2.91. The molecule has 1 amide bonds. The number of para-hydroxylation sites is 2. The fourth-order valence-corrected chi connectivity index (χ4v) is 3.14. The quantitative estimate of drug-likeness (QED) is 0.519. The summed E-state index contributed by atoms with van der Waals surface area (Å²) in [6.45, 7) is 4.92. The summed E-state index contributed by atoms with van der Waals surface area (Å²) in [7, 11) is 1.66. The van der Waals surface area contributed by atoms with E-state index >= 15 is 0 Å². The van der Waals surface area contributed by atoms with Gasteiger partial charge in [0.25, 0.3) is 5.91 Å². The fourth-order valence-electron chi connectivity index (χ4n) is 3.14. The van der Waals surface area contributed by atoms with E-state index in [-0.39, 0.29) is 5.91 Å². The highest BCUT2D eigenvalue weighted by molar-refractivity contribution is 6.10. The highest BCUT2D eigenvalue weighted by Gasteiger charge is 2.23. The number of carbonyl (C=O) groups is 1. The first kappa shape index (κ1) is 20.0. The van der Waals surface area contributed by atoms with E-state index in [0.29, 0.717) is 55.5 Å². The largest absolute Gasteiger partial charge is 0.385 e. The predicted octanol–water partition coefficient (Wildman–Crippen LogP) is 2.36. The third-order valence-corrected chi connectivity index (χ3v) is 4.50. The number of benzene rings is 1. The molecule has 2 heterocycles. The summed E-state index contributed by atoms with van der Waals surface area (Å²) in [6.07, 6.45) is 1.50. The van der Waals surface area contributed by atoms with Gasteiger partial charge in [0.1, 0.15) is 16.9 Å². The van der Waals surface area contributed by atoms with E-state index in [4.69, 9.17) is 20.2 Å². The van der Waals surface area contributed by atoms with Gasteiger partial charge in [-0.3, -0.25) is 4.79 Å². The molecule has 0 fully saturated rings. The van der Waals surface area contributed by atoms with Gasteiger partial charge in [-0.25, -0.2) is 9.97 Å². The van der Waals surface area contributed by atoms with Gasteiger partial charge in [-0.2, -0.15) is 0 Å². The van der Waals surface area contributed by atoms with Crippen LogP contribution in [0.3, 0.4) is 0 Å². The van der Waals surface area contributed by atoms with Crippen molar-refractivity contribution in [2.75, 3.05) is 39.2 Å². The summed E-state index contributed by atoms with van der Waals surface area (Å²) in [6, 6.07) is 7.59. The molecule has 0 aliphatic rings. The van der Waals surface area contributed by atoms with Crippen molar-refractivity contribution in [2.24, 2.45) is 0 Å². The van der Waals surface area contributed by atoms with Crippen LogP contribution in [0.1, 0.15) is 30.1 Å². The number of carbonyl (C=O) groups excluding carboxylic acids is 1. The van der Waals surface area contributed by atoms with Crippen molar-refractivity contribution in [2.45, 2.75) is 26.3 Å². The molecule has 1 aromatic carbocycles. The topological polar surface area (TPSA) is 104 Å². The van der Waals surface area contributed by atoms with E-state index in [0.717, 1.165) is 23.9 Å². The molecular weight excluding hydrogens is 358 g/mol. The van der Waals surface area contributed by atoms with Crippen molar-refractivity contribution in [3.05, 3.63) is 29.8 Å². The molecule has 0 unspecified atom stereocenters. The maximum atomic E-state index is 12.9. The first-order chi connectivity index (χ1) is 13.7. The maximum absolute atomic E-state index is 12.9. The number of nitrogens with zero attached hydrogens (tertiary/aromatic N) is 3. The maximum Gasteiger partial charge on any atom is 0.257 e. The minimum atomic E-state index is -0.242. The minimum Gasteiger partial charge on any atom is -0.385 e. The van der Waals surface area contributed by atoms with Crippen LogP contribution in [0, 0.1) is 0 Å². The van der Waals surface area contributed by atoms with Gasteiger partial charge in [-0.05, 0) is 31.9 Å². The predicted molar refractivity (Wildman–Crippen MR) is 109 cm³/mol. The van der Waals surface area contributed by atoms with Crippen molar-refractivity contribution in [1.29, 1.82) is 0 Å². The Morgan fingerprint density at radius 2 is 1.93 bits per heavy atom. The van der Waals surface area contributed by atoms with Crippen LogP contribution in [0.25, 0.3) is 22.2 Å². The van der Waals surface area contributed by atoms with Crippen molar-refractivity contribution in [1.82, 2.24) is 19.9 Å². The Hall–Kier alpha value is -2.71. The number of ether oxygens (including phenoxy) is 2. The van der Waals surface area contributed by atoms with Crippen LogP contribution in [-0.2, 0) is 16.0 Å². The Bertz CT molecular complexity index is 954. The number of nitrogens with one attached hydrogen (secondary N) is 1. The standard InChI is InChI=1S/C20H27N5O3/c1-3-28-13-6-10-22-20(26)16-17-19(25(18(16)21)11-7-12-27-2)24-15-9-5-4-8-14(15)23-17/h4-5,8-9H,3,6-7,10-13,21H2,1-2H3,(H,22,26). The number of anilines is 1. The number of fused-ring (bicyclic) bond motifs is 2. The number of nitrogen functional groups attached to an aromatic ring is 1.